The van der Waals surface area contributed by atoms with Crippen LogP contribution in [0.15, 0.2) is 12.4 Å². The molecular weight excluding hydrogens is 182 g/mol. The predicted octanol–water partition coefficient (Wildman–Crippen LogP) is 0.290. The Morgan fingerprint density at radius 1 is 1.79 bits per heavy atom. The third kappa shape index (κ3) is 2.04. The molecule has 0 spiro atoms. The van der Waals surface area contributed by atoms with Crippen molar-refractivity contribution in [2.45, 2.75) is 12.8 Å². The Bertz CT molecular complexity index is 365. The van der Waals surface area contributed by atoms with E-state index < -0.39 is 5.92 Å². The fourth-order valence-electron chi connectivity index (χ4n) is 1.29. The van der Waals surface area contributed by atoms with Gasteiger partial charge in [0.05, 0.1) is 6.07 Å². The number of carbonyl (C=O) groups is 1. The van der Waals surface area contributed by atoms with Crippen molar-refractivity contribution in [2.24, 2.45) is 0 Å². The maximum absolute atomic E-state index is 9.99. The molecule has 2 N–H and O–H groups in total. The van der Waals surface area contributed by atoms with E-state index in [0.717, 1.165) is 11.1 Å². The number of aryl methyl sites for hydroxylation is 1. The van der Waals surface area contributed by atoms with Crippen molar-refractivity contribution in [3.63, 3.8) is 0 Å². The summed E-state index contributed by atoms with van der Waals surface area (Å²) in [5, 5.41) is 8.84. The zero-order chi connectivity index (χ0) is 10.6. The molecule has 0 saturated carbocycles. The summed E-state index contributed by atoms with van der Waals surface area (Å²) in [6.07, 6.45) is 3.36. The van der Waals surface area contributed by atoms with Gasteiger partial charge in [0.15, 0.2) is 0 Å². The first-order chi connectivity index (χ1) is 6.69. The number of nitrogens with two attached hydrogens (primary N) is 1. The van der Waals surface area contributed by atoms with Gasteiger partial charge in [0.1, 0.15) is 12.5 Å². The van der Waals surface area contributed by atoms with E-state index in [1.807, 2.05) is 6.92 Å². The quantitative estimate of drug-likeness (QED) is 0.550. The minimum absolute atomic E-state index is 0.0604. The van der Waals surface area contributed by atoms with Crippen LogP contribution in [0.1, 0.15) is 17.0 Å². The monoisotopic (exact) mass is 193 g/mol. The zero-order valence-electron chi connectivity index (χ0n) is 7.80. The molecule has 0 radical (unpaired) electrons. The standard InChI is InChI=1S/C9H11N3O2/c1-7-3-12(11)4-9(7)8(2-10)5-14-6-13/h3-4,6,8H,5,11H2,1H3. The van der Waals surface area contributed by atoms with Gasteiger partial charge in [-0.25, -0.2) is 0 Å². The molecule has 74 valence electrons. The normalized spacial score (nSPS) is 11.7. The first-order valence-electron chi connectivity index (χ1n) is 4.07. The van der Waals surface area contributed by atoms with Crippen LogP contribution in [0, 0.1) is 18.3 Å². The van der Waals surface area contributed by atoms with Gasteiger partial charge in [-0.3, -0.25) is 9.47 Å². The molecule has 5 nitrogen and oxygen atoms in total. The number of hydrogen-bond acceptors (Lipinski definition) is 4. The van der Waals surface area contributed by atoms with Gasteiger partial charge in [-0.15, -0.1) is 0 Å². The third-order valence-electron chi connectivity index (χ3n) is 1.95. The molecule has 0 aliphatic heterocycles. The maximum atomic E-state index is 9.99. The fraction of sp³-hybridized carbons (Fsp3) is 0.333. The molecule has 0 fully saturated rings. The Kier molecular flexibility index (Phi) is 3.13. The minimum Gasteiger partial charge on any atom is -0.466 e. The molecule has 0 aliphatic carbocycles. The highest BCUT2D eigenvalue weighted by atomic mass is 16.5. The molecular formula is C9H11N3O2. The minimum atomic E-state index is -0.454. The number of nitrogens with zero attached hydrogens (tertiary/aromatic N) is 2. The van der Waals surface area contributed by atoms with Crippen molar-refractivity contribution >= 4 is 6.47 Å². The van der Waals surface area contributed by atoms with Gasteiger partial charge in [-0.2, -0.15) is 5.26 Å². The van der Waals surface area contributed by atoms with E-state index in [1.165, 1.54) is 4.68 Å². The van der Waals surface area contributed by atoms with Crippen LogP contribution in [0.3, 0.4) is 0 Å². The second-order valence-corrected chi connectivity index (χ2v) is 2.96. The first kappa shape index (κ1) is 10.1. The topological polar surface area (TPSA) is 81.0 Å². The highest BCUT2D eigenvalue weighted by Crippen LogP contribution is 2.19. The maximum Gasteiger partial charge on any atom is 0.293 e. The van der Waals surface area contributed by atoms with E-state index in [9.17, 15) is 4.79 Å². The molecule has 1 unspecified atom stereocenters. The molecule has 0 aliphatic rings. The van der Waals surface area contributed by atoms with Crippen LogP contribution in [-0.2, 0) is 9.53 Å². The number of carbonyl (C=O) groups excluding carboxylic acids is 1. The van der Waals surface area contributed by atoms with Crippen molar-refractivity contribution < 1.29 is 9.53 Å². The third-order valence-corrected chi connectivity index (χ3v) is 1.95. The number of aromatic nitrogens is 1. The van der Waals surface area contributed by atoms with Crippen molar-refractivity contribution in [1.82, 2.24) is 4.68 Å². The number of hydrogen-bond donors (Lipinski definition) is 1. The number of nitrogen functional groups attached to an aromatic ring is 1. The van der Waals surface area contributed by atoms with Crippen LogP contribution in [0.2, 0.25) is 0 Å². The zero-order valence-corrected chi connectivity index (χ0v) is 7.80. The molecule has 1 heterocycles. The summed E-state index contributed by atoms with van der Waals surface area (Å²) in [4.78, 5) is 9.99. The lowest BCUT2D eigenvalue weighted by molar-refractivity contribution is -0.128. The second kappa shape index (κ2) is 4.33. The average molecular weight is 193 g/mol. The molecule has 1 aromatic heterocycles. The van der Waals surface area contributed by atoms with Gasteiger partial charge in [-0.1, -0.05) is 0 Å². The molecule has 0 amide bonds. The van der Waals surface area contributed by atoms with Gasteiger partial charge in [-0.05, 0) is 18.1 Å². The van der Waals surface area contributed by atoms with E-state index in [1.54, 1.807) is 12.4 Å². The van der Waals surface area contributed by atoms with Crippen LogP contribution in [0.25, 0.3) is 0 Å². The molecule has 1 aromatic rings. The number of ether oxygens (including phenoxy) is 1. The molecule has 1 atom stereocenters. The van der Waals surface area contributed by atoms with Crippen molar-refractivity contribution in [1.29, 1.82) is 5.26 Å². The fourth-order valence-corrected chi connectivity index (χ4v) is 1.29. The Morgan fingerprint density at radius 3 is 2.93 bits per heavy atom. The van der Waals surface area contributed by atoms with Crippen molar-refractivity contribution in [3.05, 3.63) is 23.5 Å². The Balaban J connectivity index is 2.84. The van der Waals surface area contributed by atoms with Crippen molar-refractivity contribution in [3.8, 4) is 6.07 Å². The highest BCUT2D eigenvalue weighted by Gasteiger charge is 2.15. The summed E-state index contributed by atoms with van der Waals surface area (Å²) in [7, 11) is 0. The molecule has 5 heteroatoms. The van der Waals surface area contributed by atoms with E-state index in [-0.39, 0.29) is 6.61 Å². The molecule has 0 saturated heterocycles. The van der Waals surface area contributed by atoms with E-state index in [4.69, 9.17) is 11.1 Å². The second-order valence-electron chi connectivity index (χ2n) is 2.96. The smallest absolute Gasteiger partial charge is 0.293 e. The van der Waals surface area contributed by atoms with Gasteiger partial charge in [0, 0.05) is 12.4 Å². The predicted molar refractivity (Wildman–Crippen MR) is 49.7 cm³/mol. The van der Waals surface area contributed by atoms with Gasteiger partial charge < -0.3 is 10.6 Å². The Labute approximate surface area is 81.7 Å². The Morgan fingerprint density at radius 2 is 2.50 bits per heavy atom. The van der Waals surface area contributed by atoms with Crippen LogP contribution >= 0.6 is 0 Å². The number of rotatable bonds is 4. The lowest BCUT2D eigenvalue weighted by Crippen LogP contribution is -2.07. The average Bonchev–Trinajstić information content (AvgIpc) is 2.47. The van der Waals surface area contributed by atoms with E-state index in [2.05, 4.69) is 10.8 Å². The molecule has 0 bridgehead atoms. The lowest BCUT2D eigenvalue weighted by atomic mass is 10.0. The summed E-state index contributed by atoms with van der Waals surface area (Å²) in [6, 6.07) is 2.05. The van der Waals surface area contributed by atoms with Gasteiger partial charge in [0.2, 0.25) is 0 Å². The van der Waals surface area contributed by atoms with Crippen LogP contribution in [0.4, 0.5) is 0 Å². The first-order valence-corrected chi connectivity index (χ1v) is 4.07. The lowest BCUT2D eigenvalue weighted by Gasteiger charge is -2.06. The molecule has 14 heavy (non-hydrogen) atoms. The summed E-state index contributed by atoms with van der Waals surface area (Å²) in [6.45, 7) is 2.24. The van der Waals surface area contributed by atoms with Gasteiger partial charge >= 0.3 is 0 Å². The van der Waals surface area contributed by atoms with Crippen LogP contribution in [-0.4, -0.2) is 17.8 Å². The van der Waals surface area contributed by atoms with E-state index in [0.29, 0.717) is 6.47 Å². The largest absolute Gasteiger partial charge is 0.466 e. The molecule has 0 aromatic carbocycles. The summed E-state index contributed by atoms with van der Waals surface area (Å²) >= 11 is 0. The molecule has 1 rings (SSSR count). The summed E-state index contributed by atoms with van der Waals surface area (Å²) in [5.74, 6) is 5.04. The highest BCUT2D eigenvalue weighted by molar-refractivity contribution is 5.38. The Hall–Kier alpha value is -1.96. The summed E-state index contributed by atoms with van der Waals surface area (Å²) in [5.41, 5.74) is 1.70. The van der Waals surface area contributed by atoms with Crippen LogP contribution in [0.5, 0.6) is 0 Å². The van der Waals surface area contributed by atoms with Crippen molar-refractivity contribution in [2.75, 3.05) is 12.4 Å². The van der Waals surface area contributed by atoms with E-state index >= 15 is 0 Å². The summed E-state index contributed by atoms with van der Waals surface area (Å²) < 4.78 is 5.94. The SMILES string of the molecule is Cc1cn(N)cc1C(C#N)COC=O. The number of nitriles is 1. The van der Waals surface area contributed by atoms with Crippen LogP contribution < -0.4 is 5.84 Å². The van der Waals surface area contributed by atoms with Gasteiger partial charge in [0.25, 0.3) is 6.47 Å².